The quantitative estimate of drug-likeness (QED) is 0.0340. The molecule has 21 aliphatic rings. The van der Waals surface area contributed by atoms with Crippen molar-refractivity contribution in [3.63, 3.8) is 0 Å². The number of carbonyl (C=O) groups excluding carboxylic acids is 2. The molecule has 0 spiro atoms. The molecule has 37 atom stereocenters. The number of aliphatic hydroxyl groups excluding tert-OH is 19. The van der Waals surface area contributed by atoms with Crippen LogP contribution >= 0.6 is 23.5 Å². The standard InChI is InChI=1S/C60H99NO40S2/c1-20(67)3-5-87-7-8-88-6-4-22(68)9-21(53(83)84)16-102-18-31-51-35(71)34(70)25(89-31)10-23-26(11-62)90-55(41(77)33(23)69)96-47-27(12-63)94-59(45(81)38(47)74)101-52-32(19-103-17-24(61-2)54(85)86)95-60(46(82)40(52)76)99-50-30(15-66)92-57(43(79)37(50)73)97-48-28(13-64)91-56(42(78)36(48)72)98-49-29(14-65)93-58(100-51)44(80)39(49)75/h21,23-52,55-66,69-82H,3-19H2,1-2H3,(H,83,84)(H,85,86)/t21-,23-,24-,25-,26?,27?,28?,29?,30?,31?,32?,33+,34?,35-,36-,37-,38-,39-,40-,41?,42?,43?,44?,45?,46?,47-,48-,49-,50-,51-,52-,55+,56-,57-,58-,59+,60+/m1/s1. The van der Waals surface area contributed by atoms with E-state index in [1.807, 2.05) is 0 Å². The van der Waals surface area contributed by atoms with Crippen LogP contribution in [0.25, 0.3) is 0 Å². The summed E-state index contributed by atoms with van der Waals surface area (Å²) in [5.74, 6) is -7.34. The Morgan fingerprint density at radius 2 is 0.709 bits per heavy atom. The van der Waals surface area contributed by atoms with Gasteiger partial charge in [0.05, 0.1) is 95.9 Å². The molecule has 0 aromatic rings. The van der Waals surface area contributed by atoms with E-state index in [9.17, 15) is 126 Å². The van der Waals surface area contributed by atoms with Crippen LogP contribution in [-0.4, -0.2) is 435 Å². The number of rotatable bonds is 27. The van der Waals surface area contributed by atoms with Crippen LogP contribution in [-0.2, 0) is 90.2 Å². The molecule has 596 valence electrons. The molecule has 0 amide bonds. The van der Waals surface area contributed by atoms with E-state index in [4.69, 9.17) is 71.1 Å². The van der Waals surface area contributed by atoms with Crippen molar-refractivity contribution in [3.05, 3.63) is 0 Å². The minimum atomic E-state index is -2.28. The van der Waals surface area contributed by atoms with Crippen molar-refractivity contribution in [1.29, 1.82) is 0 Å². The topological polar surface area (TPSA) is 644 Å². The van der Waals surface area contributed by atoms with Crippen molar-refractivity contribution in [2.24, 2.45) is 11.8 Å². The molecule has 0 aliphatic carbocycles. The highest BCUT2D eigenvalue weighted by molar-refractivity contribution is 7.99. The van der Waals surface area contributed by atoms with E-state index in [-0.39, 0.29) is 68.1 Å². The van der Waals surface area contributed by atoms with Gasteiger partial charge in [0, 0.05) is 48.2 Å². The third-order valence-corrected chi connectivity index (χ3v) is 21.5. The Morgan fingerprint density at radius 3 is 1.06 bits per heavy atom. The molecule has 21 saturated heterocycles. The summed E-state index contributed by atoms with van der Waals surface area (Å²) in [6, 6.07) is -1.18. The predicted molar refractivity (Wildman–Crippen MR) is 335 cm³/mol. The van der Waals surface area contributed by atoms with Gasteiger partial charge in [-0.2, -0.15) is 23.5 Å². The lowest BCUT2D eigenvalue weighted by molar-refractivity contribution is -0.395. The van der Waals surface area contributed by atoms with Gasteiger partial charge < -0.3 is 184 Å². The summed E-state index contributed by atoms with van der Waals surface area (Å²) in [7, 11) is 1.35. The van der Waals surface area contributed by atoms with Crippen molar-refractivity contribution in [1.82, 2.24) is 5.32 Å². The number of hydrogen-bond donors (Lipinski definition) is 22. The monoisotopic (exact) mass is 1540 g/mol. The third kappa shape index (κ3) is 21.0. The van der Waals surface area contributed by atoms with Crippen molar-refractivity contribution in [2.75, 3.05) is 89.5 Å². The first-order chi connectivity index (χ1) is 49.0. The van der Waals surface area contributed by atoms with Gasteiger partial charge in [0.2, 0.25) is 0 Å². The number of likely N-dealkylation sites (N-methyl/N-ethyl adjacent to an activating group) is 1. The molecule has 21 rings (SSSR count). The zero-order valence-corrected chi connectivity index (χ0v) is 57.5. The highest BCUT2D eigenvalue weighted by Gasteiger charge is 2.60. The highest BCUT2D eigenvalue weighted by atomic mass is 32.2. The van der Waals surface area contributed by atoms with Crippen LogP contribution in [0.5, 0.6) is 0 Å². The average Bonchev–Trinajstić information content (AvgIpc) is 0.785. The van der Waals surface area contributed by atoms with Gasteiger partial charge in [-0.3, -0.25) is 19.2 Å². The fourth-order valence-electron chi connectivity index (χ4n) is 13.2. The van der Waals surface area contributed by atoms with E-state index < -0.39 is 290 Å². The molecule has 0 radical (unpaired) electrons. The Hall–Kier alpha value is -2.42. The Labute approximate surface area is 596 Å². The summed E-state index contributed by atoms with van der Waals surface area (Å²) in [4.78, 5) is 48.8. The molecular weight excluding hydrogens is 1440 g/mol. The molecule has 0 saturated carbocycles. The zero-order valence-electron chi connectivity index (χ0n) is 55.8. The van der Waals surface area contributed by atoms with Gasteiger partial charge in [-0.25, -0.2) is 0 Å². The smallest absolute Gasteiger partial charge is 0.321 e. The maximum Gasteiger partial charge on any atom is 0.321 e. The summed E-state index contributed by atoms with van der Waals surface area (Å²) in [5.41, 5.74) is 0. The van der Waals surface area contributed by atoms with Gasteiger partial charge in [0.15, 0.2) is 37.7 Å². The molecule has 0 aromatic carbocycles. The number of carboxylic acids is 2. The van der Waals surface area contributed by atoms with Crippen LogP contribution in [0.15, 0.2) is 0 Å². The van der Waals surface area contributed by atoms with Gasteiger partial charge in [-0.15, -0.1) is 0 Å². The molecule has 21 heterocycles. The van der Waals surface area contributed by atoms with Crippen molar-refractivity contribution < 1.29 is 197 Å². The number of nitrogens with one attached hydrogen (secondary N) is 1. The number of carboxylic acid groups (broad SMARTS) is 2. The first kappa shape index (κ1) is 86.2. The van der Waals surface area contributed by atoms with Crippen LogP contribution in [0.2, 0.25) is 0 Å². The number of Topliss-reactive ketones (excluding diaryl/α,β-unsaturated/α-hetero) is 2. The number of hydrogen-bond acceptors (Lipinski definition) is 41. The van der Waals surface area contributed by atoms with Gasteiger partial charge in [0.25, 0.3) is 0 Å². The predicted octanol–water partition coefficient (Wildman–Crippen LogP) is -12.4. The molecule has 22 N–H and O–H groups in total. The minimum Gasteiger partial charge on any atom is -0.481 e. The second-order valence-electron chi connectivity index (χ2n) is 26.2. The number of aliphatic hydroxyl groups is 19. The normalized spacial score (nSPS) is 44.9. The lowest BCUT2D eigenvalue weighted by Gasteiger charge is -2.50. The number of carbonyl (C=O) groups is 4. The molecule has 21 aliphatic heterocycles. The summed E-state index contributed by atoms with van der Waals surface area (Å²) in [6.45, 7) is -3.68. The van der Waals surface area contributed by atoms with E-state index in [0.717, 1.165) is 23.5 Å². The molecular formula is C60H99NO40S2. The SMILES string of the molecule is CN[C@H](CSCC1O[C@H]2O[C@@H]3C(CO)O[C@H](O[C@@H]4C(CO)O[C@H](O[C@@H]5C(CO)O[C@H](O[C@@H]6C(CSC[C@@H](CC(=O)CCOCCOCCC(C)=O)C(=O)O)O[C@H](C[C@@H]7C(CO)O[C@@H](O[C@@H]8C(CO)O[C@@H](O[C@H]1[C@H](O)C2O)C(O)[C@H]8O)C(O)[C@H]7O)C(O)[C@H]6O)C(O)[C@H]5O)C(O)[C@H]4O)C(O)[C@H]3O)C(=O)O. The van der Waals surface area contributed by atoms with Gasteiger partial charge in [-0.1, -0.05) is 0 Å². The van der Waals surface area contributed by atoms with Crippen molar-refractivity contribution in [2.45, 2.75) is 247 Å². The van der Waals surface area contributed by atoms with Crippen LogP contribution < -0.4 is 5.32 Å². The second kappa shape index (κ2) is 40.0. The fourth-order valence-corrected chi connectivity index (χ4v) is 15.5. The number of ether oxygens (including phenoxy) is 15. The third-order valence-electron chi connectivity index (χ3n) is 19.1. The van der Waals surface area contributed by atoms with Crippen molar-refractivity contribution in [3.8, 4) is 0 Å². The van der Waals surface area contributed by atoms with E-state index in [1.54, 1.807) is 0 Å². The maximum absolute atomic E-state index is 13.0. The Morgan fingerprint density at radius 1 is 0.388 bits per heavy atom. The van der Waals surface area contributed by atoms with Crippen molar-refractivity contribution >= 4 is 47.0 Å². The summed E-state index contributed by atoms with van der Waals surface area (Å²) in [5, 5.41) is 240. The van der Waals surface area contributed by atoms with E-state index in [2.05, 4.69) is 5.32 Å². The first-order valence-electron chi connectivity index (χ1n) is 33.6. The van der Waals surface area contributed by atoms with Crippen LogP contribution in [0.3, 0.4) is 0 Å². The second-order valence-corrected chi connectivity index (χ2v) is 28.4. The summed E-state index contributed by atoms with van der Waals surface area (Å²) >= 11 is 1.73. The molecule has 21 fully saturated rings. The molecule has 14 unspecified atom stereocenters. The minimum absolute atomic E-state index is 0.0724. The lowest BCUT2D eigenvalue weighted by Crippen LogP contribution is -2.68. The Bertz CT molecular complexity index is 2610. The highest BCUT2D eigenvalue weighted by Crippen LogP contribution is 2.41. The largest absolute Gasteiger partial charge is 0.481 e. The van der Waals surface area contributed by atoms with E-state index in [0.29, 0.717) is 0 Å². The van der Waals surface area contributed by atoms with Gasteiger partial charge >= 0.3 is 11.9 Å². The molecule has 0 aromatic heterocycles. The van der Waals surface area contributed by atoms with E-state index in [1.165, 1.54) is 14.0 Å². The lowest BCUT2D eigenvalue weighted by atomic mass is 9.81. The molecule has 41 nitrogen and oxygen atoms in total. The van der Waals surface area contributed by atoms with Crippen LogP contribution in [0, 0.1) is 11.8 Å². The Balaban J connectivity index is 1.08. The molecule has 14 bridgehead atoms. The van der Waals surface area contributed by atoms with Crippen LogP contribution in [0.4, 0.5) is 0 Å². The molecule has 43 heteroatoms. The average molecular weight is 1540 g/mol. The van der Waals surface area contributed by atoms with Gasteiger partial charge in [0.1, 0.15) is 158 Å². The summed E-state index contributed by atoms with van der Waals surface area (Å²) in [6.07, 6.45) is -69.5. The zero-order chi connectivity index (χ0) is 75.4. The number of ketones is 2. The first-order valence-corrected chi connectivity index (χ1v) is 35.9. The van der Waals surface area contributed by atoms with E-state index >= 15 is 0 Å². The van der Waals surface area contributed by atoms with Crippen LogP contribution in [0.1, 0.15) is 32.6 Å². The van der Waals surface area contributed by atoms with Gasteiger partial charge in [-0.05, 0) is 20.4 Å². The molecule has 103 heavy (non-hydrogen) atoms. The fraction of sp³-hybridized carbons (Fsp3) is 0.933. The Kier molecular flexibility index (Phi) is 33.5. The number of aliphatic carboxylic acids is 2. The maximum atomic E-state index is 13.0. The number of thioether (sulfide) groups is 2. The summed E-state index contributed by atoms with van der Waals surface area (Å²) < 4.78 is 87.9.